The summed E-state index contributed by atoms with van der Waals surface area (Å²) in [6, 6.07) is 1.41. The smallest absolute Gasteiger partial charge is 0.354 e. The van der Waals surface area contributed by atoms with E-state index in [-0.39, 0.29) is 23.7 Å². The zero-order valence-corrected chi connectivity index (χ0v) is 10.2. The lowest BCUT2D eigenvalue weighted by Crippen LogP contribution is -2.27. The molecule has 6 heteroatoms. The zero-order chi connectivity index (χ0) is 13.1. The van der Waals surface area contributed by atoms with Gasteiger partial charge in [-0.05, 0) is 13.0 Å². The number of carbonyl (C=O) groups is 1. The first-order valence-corrected chi connectivity index (χ1v) is 5.28. The Bertz CT molecular complexity index is 418. The average molecular weight is 239 g/mol. The summed E-state index contributed by atoms with van der Waals surface area (Å²) >= 11 is 0. The number of aryl methyl sites for hydroxylation is 1. The molecule has 0 aromatic carbocycles. The minimum absolute atomic E-state index is 0.0254. The Morgan fingerprint density at radius 2 is 2.12 bits per heavy atom. The van der Waals surface area contributed by atoms with Gasteiger partial charge in [-0.25, -0.2) is 14.8 Å². The molecule has 0 saturated heterocycles. The third-order valence-corrected chi connectivity index (χ3v) is 2.23. The summed E-state index contributed by atoms with van der Waals surface area (Å²) in [5.41, 5.74) is 0.236. The number of anilines is 1. The van der Waals surface area contributed by atoms with Crippen LogP contribution in [0.5, 0.6) is 0 Å². The van der Waals surface area contributed by atoms with E-state index in [1.807, 2.05) is 13.8 Å². The monoisotopic (exact) mass is 239 g/mol. The summed E-state index contributed by atoms with van der Waals surface area (Å²) in [6.07, 6.45) is 0. The van der Waals surface area contributed by atoms with Crippen LogP contribution in [-0.2, 0) is 0 Å². The second-order valence-electron chi connectivity index (χ2n) is 4.70. The van der Waals surface area contributed by atoms with Crippen LogP contribution in [0, 0.1) is 12.3 Å². The predicted molar refractivity (Wildman–Crippen MR) is 63.1 cm³/mol. The van der Waals surface area contributed by atoms with E-state index in [2.05, 4.69) is 15.3 Å². The molecule has 0 radical (unpaired) electrons. The van der Waals surface area contributed by atoms with E-state index in [1.54, 1.807) is 6.92 Å². The van der Waals surface area contributed by atoms with Crippen molar-refractivity contribution >= 4 is 11.9 Å². The van der Waals surface area contributed by atoms with E-state index in [9.17, 15) is 4.79 Å². The van der Waals surface area contributed by atoms with Crippen LogP contribution in [0.25, 0.3) is 0 Å². The number of aromatic nitrogens is 2. The van der Waals surface area contributed by atoms with Gasteiger partial charge in [-0.15, -0.1) is 0 Å². The molecule has 0 aliphatic heterocycles. The highest BCUT2D eigenvalue weighted by Gasteiger charge is 2.17. The summed E-state index contributed by atoms with van der Waals surface area (Å²) in [4.78, 5) is 18.8. The van der Waals surface area contributed by atoms with Gasteiger partial charge in [0, 0.05) is 24.3 Å². The molecule has 0 unspecified atom stereocenters. The Morgan fingerprint density at radius 3 is 2.65 bits per heavy atom. The Morgan fingerprint density at radius 1 is 1.47 bits per heavy atom. The van der Waals surface area contributed by atoms with Crippen molar-refractivity contribution in [3.8, 4) is 0 Å². The quantitative estimate of drug-likeness (QED) is 0.707. The van der Waals surface area contributed by atoms with Gasteiger partial charge in [-0.1, -0.05) is 13.8 Å². The number of carboxylic acid groups (broad SMARTS) is 1. The number of aliphatic hydroxyl groups is 1. The van der Waals surface area contributed by atoms with E-state index in [0.29, 0.717) is 12.2 Å². The maximum atomic E-state index is 10.8. The molecule has 0 saturated carbocycles. The van der Waals surface area contributed by atoms with Crippen molar-refractivity contribution in [1.82, 2.24) is 9.97 Å². The van der Waals surface area contributed by atoms with Gasteiger partial charge in [0.05, 0.1) is 0 Å². The van der Waals surface area contributed by atoms with Crippen molar-refractivity contribution < 1.29 is 15.0 Å². The van der Waals surface area contributed by atoms with E-state index in [0.717, 1.165) is 0 Å². The maximum absolute atomic E-state index is 10.8. The molecule has 94 valence electrons. The first-order valence-electron chi connectivity index (χ1n) is 5.28. The Balaban J connectivity index is 2.81. The molecule has 0 bridgehead atoms. The highest BCUT2D eigenvalue weighted by Crippen LogP contribution is 2.14. The third kappa shape index (κ3) is 3.99. The highest BCUT2D eigenvalue weighted by molar-refractivity contribution is 5.85. The second kappa shape index (κ2) is 5.09. The SMILES string of the molecule is Cc1cc(C(=O)O)nc(NCC(C)(C)CO)n1. The maximum Gasteiger partial charge on any atom is 0.354 e. The topological polar surface area (TPSA) is 95.3 Å². The molecule has 3 N–H and O–H groups in total. The summed E-state index contributed by atoms with van der Waals surface area (Å²) in [6.45, 7) is 5.96. The molecule has 0 aliphatic rings. The van der Waals surface area contributed by atoms with E-state index >= 15 is 0 Å². The van der Waals surface area contributed by atoms with Gasteiger partial charge in [-0.3, -0.25) is 0 Å². The van der Waals surface area contributed by atoms with E-state index < -0.39 is 5.97 Å². The number of carboxylic acids is 1. The largest absolute Gasteiger partial charge is 0.477 e. The summed E-state index contributed by atoms with van der Waals surface area (Å²) in [7, 11) is 0. The standard InChI is InChI=1S/C11H17N3O3/c1-7-4-8(9(16)17)14-10(13-7)12-5-11(2,3)6-15/h4,15H,5-6H2,1-3H3,(H,16,17)(H,12,13,14). The normalized spacial score (nSPS) is 11.3. The average Bonchev–Trinajstić information content (AvgIpc) is 2.26. The van der Waals surface area contributed by atoms with Crippen LogP contribution < -0.4 is 5.32 Å². The van der Waals surface area contributed by atoms with Gasteiger partial charge >= 0.3 is 5.97 Å². The van der Waals surface area contributed by atoms with Crippen molar-refractivity contribution in [1.29, 1.82) is 0 Å². The Kier molecular flexibility index (Phi) is 4.01. The van der Waals surface area contributed by atoms with Crippen LogP contribution >= 0.6 is 0 Å². The predicted octanol–water partition coefficient (Wildman–Crippen LogP) is 0.914. The van der Waals surface area contributed by atoms with Crippen molar-refractivity contribution in [2.24, 2.45) is 5.41 Å². The van der Waals surface area contributed by atoms with Crippen LogP contribution in [-0.4, -0.2) is 39.3 Å². The van der Waals surface area contributed by atoms with Crippen molar-refractivity contribution in [2.45, 2.75) is 20.8 Å². The van der Waals surface area contributed by atoms with E-state index in [1.165, 1.54) is 6.07 Å². The first-order chi connectivity index (χ1) is 7.84. The Hall–Kier alpha value is -1.69. The molecule has 0 atom stereocenters. The summed E-state index contributed by atoms with van der Waals surface area (Å²) in [5, 5.41) is 20.9. The van der Waals surface area contributed by atoms with Gasteiger partial charge in [0.2, 0.25) is 5.95 Å². The van der Waals surface area contributed by atoms with Crippen LogP contribution in [0.2, 0.25) is 0 Å². The van der Waals surface area contributed by atoms with Gasteiger partial charge < -0.3 is 15.5 Å². The van der Waals surface area contributed by atoms with E-state index in [4.69, 9.17) is 10.2 Å². The summed E-state index contributed by atoms with van der Waals surface area (Å²) in [5.74, 6) is -0.816. The first kappa shape index (κ1) is 13.4. The Labute approximate surface area is 99.7 Å². The van der Waals surface area contributed by atoms with Gasteiger partial charge in [0.15, 0.2) is 5.69 Å². The van der Waals surface area contributed by atoms with Crippen LogP contribution in [0.4, 0.5) is 5.95 Å². The van der Waals surface area contributed by atoms with Crippen molar-refractivity contribution in [3.63, 3.8) is 0 Å². The molecule has 1 aromatic heterocycles. The molecule has 6 nitrogen and oxygen atoms in total. The fraction of sp³-hybridized carbons (Fsp3) is 0.545. The molecule has 1 heterocycles. The molecule has 0 amide bonds. The third-order valence-electron chi connectivity index (χ3n) is 2.23. The number of aliphatic hydroxyl groups excluding tert-OH is 1. The molecular weight excluding hydrogens is 222 g/mol. The number of hydrogen-bond acceptors (Lipinski definition) is 5. The molecule has 17 heavy (non-hydrogen) atoms. The van der Waals surface area contributed by atoms with Gasteiger partial charge in [0.1, 0.15) is 0 Å². The van der Waals surface area contributed by atoms with Gasteiger partial charge in [-0.2, -0.15) is 0 Å². The number of hydrogen-bond donors (Lipinski definition) is 3. The number of rotatable bonds is 5. The lowest BCUT2D eigenvalue weighted by atomic mass is 9.95. The molecule has 1 aromatic rings. The number of aromatic carboxylic acids is 1. The minimum atomic E-state index is -1.08. The summed E-state index contributed by atoms with van der Waals surface area (Å²) < 4.78 is 0. The lowest BCUT2D eigenvalue weighted by molar-refractivity contribution is 0.0690. The fourth-order valence-corrected chi connectivity index (χ4v) is 1.13. The lowest BCUT2D eigenvalue weighted by Gasteiger charge is -2.21. The molecule has 0 fully saturated rings. The van der Waals surface area contributed by atoms with Crippen LogP contribution in [0.1, 0.15) is 30.0 Å². The number of nitrogens with one attached hydrogen (secondary N) is 1. The van der Waals surface area contributed by atoms with Crippen LogP contribution in [0.3, 0.4) is 0 Å². The second-order valence-corrected chi connectivity index (χ2v) is 4.70. The van der Waals surface area contributed by atoms with Crippen LogP contribution in [0.15, 0.2) is 6.07 Å². The van der Waals surface area contributed by atoms with Crippen molar-refractivity contribution in [2.75, 3.05) is 18.5 Å². The van der Waals surface area contributed by atoms with Gasteiger partial charge in [0.25, 0.3) is 0 Å². The number of nitrogens with zero attached hydrogens (tertiary/aromatic N) is 2. The molecule has 1 rings (SSSR count). The minimum Gasteiger partial charge on any atom is -0.477 e. The van der Waals surface area contributed by atoms with Crippen molar-refractivity contribution in [3.05, 3.63) is 17.5 Å². The molecular formula is C11H17N3O3. The zero-order valence-electron chi connectivity index (χ0n) is 10.2. The highest BCUT2D eigenvalue weighted by atomic mass is 16.4. The molecule has 0 spiro atoms. The molecule has 0 aliphatic carbocycles. The fourth-order valence-electron chi connectivity index (χ4n) is 1.13.